The van der Waals surface area contributed by atoms with Crippen molar-refractivity contribution in [1.82, 2.24) is 0 Å². The normalized spacial score (nSPS) is 48.2. The maximum atomic E-state index is 11.8. The van der Waals surface area contributed by atoms with Crippen LogP contribution in [0.4, 0.5) is 0 Å². The molecule has 0 radical (unpaired) electrons. The van der Waals surface area contributed by atoms with Crippen LogP contribution in [0.1, 0.15) is 33.6 Å². The summed E-state index contributed by atoms with van der Waals surface area (Å²) in [7, 11) is 0. The molecular formula is C15H20O2. The second-order valence-electron chi connectivity index (χ2n) is 6.05. The van der Waals surface area contributed by atoms with Crippen molar-refractivity contribution >= 4 is 5.97 Å². The third-order valence-electron chi connectivity index (χ3n) is 5.04. The minimum absolute atomic E-state index is 0.00423. The van der Waals surface area contributed by atoms with Crippen molar-refractivity contribution < 1.29 is 9.53 Å². The Labute approximate surface area is 103 Å². The molecule has 0 aromatic heterocycles. The lowest BCUT2D eigenvalue weighted by Gasteiger charge is -2.34. The monoisotopic (exact) mass is 232 g/mol. The summed E-state index contributed by atoms with van der Waals surface area (Å²) in [6.45, 7) is 6.55. The first-order chi connectivity index (χ1) is 8.04. The molecule has 0 bridgehead atoms. The number of carbonyl (C=O) groups is 1. The van der Waals surface area contributed by atoms with Gasteiger partial charge in [0.2, 0.25) is 0 Å². The molecular weight excluding hydrogens is 212 g/mol. The third-order valence-corrected chi connectivity index (χ3v) is 5.04. The molecule has 1 saturated carbocycles. The summed E-state index contributed by atoms with van der Waals surface area (Å²) in [5, 5.41) is 0. The highest BCUT2D eigenvalue weighted by atomic mass is 16.6. The van der Waals surface area contributed by atoms with Gasteiger partial charge in [0.15, 0.2) is 0 Å². The Bertz CT molecular complexity index is 421. The molecule has 0 aromatic carbocycles. The van der Waals surface area contributed by atoms with Gasteiger partial charge in [0, 0.05) is 11.3 Å². The lowest BCUT2D eigenvalue weighted by molar-refractivity contribution is -0.146. The SMILES string of the molecule is C[C@H]1CC[C@@H]2[C@@H](OC(=O)[C@@H]2C)[C@]2(C)C=CC=C12. The summed E-state index contributed by atoms with van der Waals surface area (Å²) >= 11 is 0. The van der Waals surface area contributed by atoms with Crippen LogP contribution in [0.15, 0.2) is 23.8 Å². The maximum Gasteiger partial charge on any atom is 0.309 e. The molecule has 0 spiro atoms. The van der Waals surface area contributed by atoms with Gasteiger partial charge >= 0.3 is 5.97 Å². The number of hydrogen-bond acceptors (Lipinski definition) is 2. The molecule has 0 unspecified atom stereocenters. The molecule has 2 heteroatoms. The predicted molar refractivity (Wildman–Crippen MR) is 66.3 cm³/mol. The number of fused-ring (bicyclic) bond motifs is 3. The van der Waals surface area contributed by atoms with E-state index in [1.807, 2.05) is 6.92 Å². The molecule has 0 aromatic rings. The standard InChI is InChI=1S/C15H20O2/c1-9-6-7-11-10(2)14(16)17-13(11)15(3)8-4-5-12(9)15/h4-5,8-11,13H,6-7H2,1-3H3/t9-,10+,11-,13+,15+/m0/s1. The molecule has 3 aliphatic rings. The summed E-state index contributed by atoms with van der Waals surface area (Å²) in [6.07, 6.45) is 8.92. The van der Waals surface area contributed by atoms with E-state index in [4.69, 9.17) is 4.74 Å². The van der Waals surface area contributed by atoms with E-state index in [1.165, 1.54) is 12.0 Å². The number of allylic oxidation sites excluding steroid dienone is 2. The van der Waals surface area contributed by atoms with Gasteiger partial charge in [-0.2, -0.15) is 0 Å². The maximum absolute atomic E-state index is 11.8. The first kappa shape index (κ1) is 11.1. The highest BCUT2D eigenvalue weighted by molar-refractivity contribution is 5.75. The van der Waals surface area contributed by atoms with Crippen molar-refractivity contribution in [2.45, 2.75) is 39.7 Å². The minimum Gasteiger partial charge on any atom is -0.461 e. The van der Waals surface area contributed by atoms with Crippen LogP contribution in [0.3, 0.4) is 0 Å². The third kappa shape index (κ3) is 1.36. The summed E-state index contributed by atoms with van der Waals surface area (Å²) in [6, 6.07) is 0. The van der Waals surface area contributed by atoms with Gasteiger partial charge in [-0.3, -0.25) is 4.79 Å². The van der Waals surface area contributed by atoms with E-state index in [0.29, 0.717) is 11.8 Å². The first-order valence-corrected chi connectivity index (χ1v) is 6.64. The van der Waals surface area contributed by atoms with Crippen molar-refractivity contribution in [2.75, 3.05) is 0 Å². The number of esters is 1. The molecule has 92 valence electrons. The van der Waals surface area contributed by atoms with E-state index in [0.717, 1.165) is 6.42 Å². The van der Waals surface area contributed by atoms with Crippen LogP contribution in [0, 0.1) is 23.2 Å². The minimum atomic E-state index is -0.0546. The number of hydrogen-bond donors (Lipinski definition) is 0. The van der Waals surface area contributed by atoms with Crippen molar-refractivity contribution in [3.63, 3.8) is 0 Å². The van der Waals surface area contributed by atoms with Crippen molar-refractivity contribution in [2.24, 2.45) is 23.2 Å². The average molecular weight is 232 g/mol. The second-order valence-corrected chi connectivity index (χ2v) is 6.05. The zero-order valence-corrected chi connectivity index (χ0v) is 10.8. The van der Waals surface area contributed by atoms with Gasteiger partial charge in [-0.05, 0) is 25.7 Å². The lowest BCUT2D eigenvalue weighted by atomic mass is 9.72. The molecule has 2 aliphatic carbocycles. The fraction of sp³-hybridized carbons (Fsp3) is 0.667. The summed E-state index contributed by atoms with van der Waals surface area (Å²) in [5.74, 6) is 1.06. The van der Waals surface area contributed by atoms with Gasteiger partial charge in [-0.1, -0.05) is 37.6 Å². The zero-order chi connectivity index (χ0) is 12.2. The van der Waals surface area contributed by atoms with Crippen molar-refractivity contribution in [1.29, 1.82) is 0 Å². The summed E-state index contributed by atoms with van der Waals surface area (Å²) in [4.78, 5) is 11.8. The molecule has 5 atom stereocenters. The van der Waals surface area contributed by atoms with Gasteiger partial charge in [-0.15, -0.1) is 0 Å². The zero-order valence-electron chi connectivity index (χ0n) is 10.8. The lowest BCUT2D eigenvalue weighted by Crippen LogP contribution is -2.35. The fourth-order valence-electron chi connectivity index (χ4n) is 3.91. The van der Waals surface area contributed by atoms with Crippen LogP contribution in [0.25, 0.3) is 0 Å². The van der Waals surface area contributed by atoms with Gasteiger partial charge < -0.3 is 4.74 Å². The Hall–Kier alpha value is -1.05. The molecule has 2 nitrogen and oxygen atoms in total. The van der Waals surface area contributed by atoms with E-state index < -0.39 is 0 Å². The largest absolute Gasteiger partial charge is 0.461 e. The van der Waals surface area contributed by atoms with E-state index in [1.54, 1.807) is 0 Å². The Morgan fingerprint density at radius 2 is 2.12 bits per heavy atom. The number of ether oxygens (including phenoxy) is 1. The molecule has 0 N–H and O–H groups in total. The number of rotatable bonds is 0. The first-order valence-electron chi connectivity index (χ1n) is 6.64. The molecule has 3 rings (SSSR count). The Morgan fingerprint density at radius 3 is 2.88 bits per heavy atom. The van der Waals surface area contributed by atoms with E-state index in [2.05, 4.69) is 32.1 Å². The average Bonchev–Trinajstić information content (AvgIpc) is 2.78. The van der Waals surface area contributed by atoms with Crippen LogP contribution in [0.5, 0.6) is 0 Å². The van der Waals surface area contributed by atoms with Crippen molar-refractivity contribution in [3.05, 3.63) is 23.8 Å². The fourth-order valence-corrected chi connectivity index (χ4v) is 3.91. The highest BCUT2D eigenvalue weighted by Gasteiger charge is 2.54. The van der Waals surface area contributed by atoms with Crippen LogP contribution < -0.4 is 0 Å². The van der Waals surface area contributed by atoms with Crippen LogP contribution in [-0.2, 0) is 9.53 Å². The second kappa shape index (κ2) is 3.47. The smallest absolute Gasteiger partial charge is 0.309 e. The topological polar surface area (TPSA) is 26.3 Å². The Balaban J connectivity index is 2.04. The van der Waals surface area contributed by atoms with Gasteiger partial charge in [0.05, 0.1) is 5.92 Å². The number of carbonyl (C=O) groups excluding carboxylic acids is 1. The van der Waals surface area contributed by atoms with E-state index in [-0.39, 0.29) is 23.4 Å². The van der Waals surface area contributed by atoms with Crippen LogP contribution >= 0.6 is 0 Å². The molecule has 0 amide bonds. The molecule has 1 saturated heterocycles. The van der Waals surface area contributed by atoms with E-state index in [9.17, 15) is 4.79 Å². The summed E-state index contributed by atoms with van der Waals surface area (Å²) in [5.41, 5.74) is 1.40. The quantitative estimate of drug-likeness (QED) is 0.600. The predicted octanol–water partition coefficient (Wildman–Crippen LogP) is 3.10. The Morgan fingerprint density at radius 1 is 1.35 bits per heavy atom. The van der Waals surface area contributed by atoms with E-state index >= 15 is 0 Å². The molecule has 2 fully saturated rings. The van der Waals surface area contributed by atoms with Crippen molar-refractivity contribution in [3.8, 4) is 0 Å². The van der Waals surface area contributed by atoms with Gasteiger partial charge in [0.25, 0.3) is 0 Å². The van der Waals surface area contributed by atoms with Gasteiger partial charge in [-0.25, -0.2) is 0 Å². The highest BCUT2D eigenvalue weighted by Crippen LogP contribution is 2.53. The van der Waals surface area contributed by atoms with Crippen LogP contribution in [0.2, 0.25) is 0 Å². The Kier molecular flexibility index (Phi) is 2.26. The van der Waals surface area contributed by atoms with Gasteiger partial charge in [0.1, 0.15) is 6.10 Å². The summed E-state index contributed by atoms with van der Waals surface area (Å²) < 4.78 is 5.69. The molecule has 17 heavy (non-hydrogen) atoms. The van der Waals surface area contributed by atoms with Crippen LogP contribution in [-0.4, -0.2) is 12.1 Å². The molecule has 1 heterocycles. The molecule has 1 aliphatic heterocycles.